The van der Waals surface area contributed by atoms with Crippen LogP contribution in [0.5, 0.6) is 5.75 Å². The van der Waals surface area contributed by atoms with E-state index in [0.717, 1.165) is 33.3 Å². The molecule has 0 bridgehead atoms. The van der Waals surface area contributed by atoms with Gasteiger partial charge >= 0.3 is 6.36 Å². The molecule has 7 nitrogen and oxygen atoms in total. The average Bonchev–Trinajstić information content (AvgIpc) is 2.88. The SMILES string of the molecule is CN=S(=O)(NC1CN(C)CC(N2c3ccccc3Sc3ccccc32)C1O)c1ccc(OC(F)(F)F)cc1. The summed E-state index contributed by atoms with van der Waals surface area (Å²) in [5.41, 5.74) is 1.96. The van der Waals surface area contributed by atoms with E-state index < -0.39 is 34.2 Å². The number of fused-ring (bicyclic) bond motifs is 2. The molecule has 1 saturated heterocycles. The Morgan fingerprint density at radius 2 is 1.58 bits per heavy atom. The van der Waals surface area contributed by atoms with Crippen LogP contribution in [-0.4, -0.2) is 66.0 Å². The zero-order valence-corrected chi connectivity index (χ0v) is 22.3. The van der Waals surface area contributed by atoms with Gasteiger partial charge in [-0.1, -0.05) is 36.0 Å². The van der Waals surface area contributed by atoms with Crippen molar-refractivity contribution in [3.05, 3.63) is 72.8 Å². The maximum Gasteiger partial charge on any atom is 0.573 e. The molecule has 0 amide bonds. The fourth-order valence-electron chi connectivity index (χ4n) is 4.90. The van der Waals surface area contributed by atoms with Crippen LogP contribution in [0.15, 0.2) is 91.8 Å². The lowest BCUT2D eigenvalue weighted by Gasteiger charge is -2.47. The molecule has 3 aromatic carbocycles. The molecular weight excluding hydrogens is 537 g/mol. The number of rotatable bonds is 5. The van der Waals surface area contributed by atoms with Crippen LogP contribution in [0.25, 0.3) is 0 Å². The van der Waals surface area contributed by atoms with Crippen LogP contribution < -0.4 is 14.4 Å². The minimum Gasteiger partial charge on any atom is -0.406 e. The number of halogens is 3. The molecule has 12 heteroatoms. The van der Waals surface area contributed by atoms with Gasteiger partial charge in [-0.2, -0.15) is 0 Å². The lowest BCUT2D eigenvalue weighted by atomic mass is 9.95. The van der Waals surface area contributed by atoms with Gasteiger partial charge in [-0.3, -0.25) is 0 Å². The normalized spacial score (nSPS) is 23.2. The van der Waals surface area contributed by atoms with Gasteiger partial charge in [0.1, 0.15) is 15.7 Å². The Morgan fingerprint density at radius 1 is 1.00 bits per heavy atom. The van der Waals surface area contributed by atoms with Crippen LogP contribution in [0.3, 0.4) is 0 Å². The van der Waals surface area contributed by atoms with E-state index in [4.69, 9.17) is 0 Å². The number of likely N-dealkylation sites (N-methyl/N-ethyl adjacent to an activating group) is 1. The van der Waals surface area contributed by atoms with Gasteiger partial charge in [0.05, 0.1) is 34.5 Å². The summed E-state index contributed by atoms with van der Waals surface area (Å²) in [6.45, 7) is 0.950. The molecule has 38 heavy (non-hydrogen) atoms. The van der Waals surface area contributed by atoms with Crippen LogP contribution in [-0.2, 0) is 9.92 Å². The van der Waals surface area contributed by atoms with Crippen molar-refractivity contribution in [2.45, 2.75) is 39.2 Å². The van der Waals surface area contributed by atoms with Crippen LogP contribution in [0, 0.1) is 0 Å². The number of alkyl halides is 3. The van der Waals surface area contributed by atoms with Crippen molar-refractivity contribution < 1.29 is 27.2 Å². The number of hydrogen-bond donors (Lipinski definition) is 2. The first-order valence-electron chi connectivity index (χ1n) is 11.9. The maximum atomic E-state index is 13.9. The van der Waals surface area contributed by atoms with Gasteiger partial charge in [0, 0.05) is 29.9 Å². The van der Waals surface area contributed by atoms with E-state index in [1.165, 1.54) is 19.2 Å². The fraction of sp³-hybridized carbons (Fsp3) is 0.308. The highest BCUT2D eigenvalue weighted by Gasteiger charge is 2.42. The maximum absolute atomic E-state index is 13.9. The second-order valence-corrected chi connectivity index (χ2v) is 12.3. The summed E-state index contributed by atoms with van der Waals surface area (Å²) in [6, 6.07) is 19.8. The number of anilines is 2. The number of likely N-dealkylation sites (tertiary alicyclic amines) is 1. The van der Waals surface area contributed by atoms with Gasteiger partial charge in [0.15, 0.2) is 0 Å². The highest BCUT2D eigenvalue weighted by Crippen LogP contribution is 2.49. The van der Waals surface area contributed by atoms with E-state index in [9.17, 15) is 22.5 Å². The summed E-state index contributed by atoms with van der Waals surface area (Å²) in [5, 5.41) is 11.7. The van der Waals surface area contributed by atoms with Crippen LogP contribution >= 0.6 is 11.8 Å². The first-order valence-corrected chi connectivity index (χ1v) is 14.2. The largest absolute Gasteiger partial charge is 0.573 e. The summed E-state index contributed by atoms with van der Waals surface area (Å²) in [7, 11) is 0.0357. The third-order valence-corrected chi connectivity index (χ3v) is 9.74. The number of nitrogens with zero attached hydrogens (tertiary/aromatic N) is 3. The van der Waals surface area contributed by atoms with Crippen LogP contribution in [0.4, 0.5) is 24.5 Å². The second-order valence-electron chi connectivity index (χ2n) is 9.14. The molecule has 202 valence electrons. The predicted octanol–water partition coefficient (Wildman–Crippen LogP) is 4.89. The van der Waals surface area contributed by atoms with Crippen molar-refractivity contribution in [1.82, 2.24) is 9.62 Å². The zero-order chi connectivity index (χ0) is 27.1. The lowest BCUT2D eigenvalue weighted by molar-refractivity contribution is -0.274. The predicted molar refractivity (Wildman–Crippen MR) is 141 cm³/mol. The average molecular weight is 565 g/mol. The number of nitrogens with one attached hydrogen (secondary N) is 1. The van der Waals surface area contributed by atoms with Crippen molar-refractivity contribution in [3.63, 3.8) is 0 Å². The first kappa shape index (κ1) is 26.8. The number of piperidine rings is 1. The molecule has 0 aromatic heterocycles. The van der Waals surface area contributed by atoms with Gasteiger partial charge in [0.25, 0.3) is 0 Å². The summed E-state index contributed by atoms with van der Waals surface area (Å²) in [5.74, 6) is -0.420. The Bertz CT molecular complexity index is 1380. The topological polar surface area (TPSA) is 77.4 Å². The molecule has 2 heterocycles. The Hall–Kier alpha value is -2.77. The van der Waals surface area contributed by atoms with Crippen molar-refractivity contribution in [1.29, 1.82) is 0 Å². The summed E-state index contributed by atoms with van der Waals surface area (Å²) in [6.07, 6.45) is -5.77. The van der Waals surface area contributed by atoms with Gasteiger partial charge in [-0.15, -0.1) is 13.2 Å². The van der Waals surface area contributed by atoms with Gasteiger partial charge < -0.3 is 19.6 Å². The summed E-state index contributed by atoms with van der Waals surface area (Å²) >= 11 is 1.67. The number of ether oxygens (including phenoxy) is 1. The molecular formula is C26H27F3N4O3S2. The third-order valence-electron chi connectivity index (χ3n) is 6.56. The molecule has 0 aliphatic carbocycles. The van der Waals surface area contributed by atoms with E-state index >= 15 is 0 Å². The molecule has 3 aromatic rings. The molecule has 0 radical (unpaired) electrons. The molecule has 1 fully saturated rings. The Labute approximate surface area is 223 Å². The third kappa shape index (κ3) is 5.36. The van der Waals surface area contributed by atoms with Gasteiger partial charge in [-0.25, -0.2) is 13.3 Å². The summed E-state index contributed by atoms with van der Waals surface area (Å²) in [4.78, 5) is 6.54. The van der Waals surface area contributed by atoms with Crippen LogP contribution in [0.2, 0.25) is 0 Å². The Kier molecular flexibility index (Phi) is 7.35. The second kappa shape index (κ2) is 10.4. The number of aliphatic hydroxyl groups excluding tert-OH is 1. The molecule has 2 aliphatic rings. The van der Waals surface area contributed by atoms with Crippen LogP contribution in [0.1, 0.15) is 0 Å². The zero-order valence-electron chi connectivity index (χ0n) is 20.6. The summed E-state index contributed by atoms with van der Waals surface area (Å²) < 4.78 is 62.6. The van der Waals surface area contributed by atoms with E-state index in [-0.39, 0.29) is 10.9 Å². The molecule has 2 N–H and O–H groups in total. The van der Waals surface area contributed by atoms with Crippen molar-refractivity contribution in [2.75, 3.05) is 32.1 Å². The fourth-order valence-corrected chi connectivity index (χ4v) is 7.56. The highest BCUT2D eigenvalue weighted by atomic mass is 32.2. The van der Waals surface area contributed by atoms with Crippen molar-refractivity contribution >= 4 is 33.1 Å². The van der Waals surface area contributed by atoms with Gasteiger partial charge in [-0.05, 0) is 55.6 Å². The van der Waals surface area contributed by atoms with E-state index in [1.807, 2.05) is 55.6 Å². The number of benzene rings is 3. The van der Waals surface area contributed by atoms with E-state index in [1.54, 1.807) is 11.8 Å². The lowest BCUT2D eigenvalue weighted by Crippen LogP contribution is -2.64. The molecule has 0 spiro atoms. The monoisotopic (exact) mass is 564 g/mol. The van der Waals surface area contributed by atoms with Crippen molar-refractivity contribution in [3.8, 4) is 5.75 Å². The highest BCUT2D eigenvalue weighted by molar-refractivity contribution is 7.99. The van der Waals surface area contributed by atoms with E-state index in [0.29, 0.717) is 13.1 Å². The first-order chi connectivity index (χ1) is 18.1. The minimum atomic E-state index is -4.83. The molecule has 4 atom stereocenters. The smallest absolute Gasteiger partial charge is 0.406 e. The molecule has 4 unspecified atom stereocenters. The Balaban J connectivity index is 1.45. The van der Waals surface area contributed by atoms with Crippen molar-refractivity contribution in [2.24, 2.45) is 4.36 Å². The standard InChI is InChI=1S/C26H27F3N4O3S2/c1-30-38(35,18-13-11-17(12-14-18)36-26(27,28)29)31-19-15-32(2)16-22(25(19)34)33-20-7-3-5-9-23(20)37-24-10-6-4-8-21(24)33/h3-14,19,22,25,34H,15-16H2,1-2H3,(H,30,31,35). The Morgan fingerprint density at radius 3 is 2.13 bits per heavy atom. The quantitative estimate of drug-likeness (QED) is 0.460. The molecule has 2 aliphatic heterocycles. The number of para-hydroxylation sites is 2. The van der Waals surface area contributed by atoms with Gasteiger partial charge in [0.2, 0.25) is 0 Å². The number of hydrogen-bond acceptors (Lipinski definition) is 7. The number of aliphatic hydroxyl groups is 1. The molecule has 5 rings (SSSR count). The minimum absolute atomic E-state index is 0.191. The van der Waals surface area contributed by atoms with E-state index in [2.05, 4.69) is 23.6 Å². The molecule has 0 saturated carbocycles.